The number of hydrogen-bond acceptors (Lipinski definition) is 5. The number of nitrogens with one attached hydrogen (secondary N) is 1. The fraction of sp³-hybridized carbons (Fsp3) is 0.0800. The molecule has 170 valence electrons. The van der Waals surface area contributed by atoms with Crippen LogP contribution >= 0.6 is 38.6 Å². The minimum Gasteiger partial charge on any atom is -0.322 e. The van der Waals surface area contributed by atoms with Gasteiger partial charge in [0.1, 0.15) is 5.82 Å². The van der Waals surface area contributed by atoms with Crippen LogP contribution in [0.15, 0.2) is 91.6 Å². The summed E-state index contributed by atoms with van der Waals surface area (Å²) in [5, 5.41) is 2.90. The Hall–Kier alpha value is -3.14. The molecule has 2 aromatic heterocycles. The molecule has 0 fully saturated rings. The van der Waals surface area contributed by atoms with Gasteiger partial charge in [-0.05, 0) is 70.9 Å². The third kappa shape index (κ3) is 4.34. The van der Waals surface area contributed by atoms with Crippen LogP contribution < -0.4 is 20.2 Å². The normalized spacial score (nSPS) is 15.7. The van der Waals surface area contributed by atoms with E-state index in [1.807, 2.05) is 36.4 Å². The Morgan fingerprint density at radius 3 is 2.50 bits per heavy atom. The summed E-state index contributed by atoms with van der Waals surface area (Å²) in [6.07, 6.45) is 1.82. The predicted octanol–water partition coefficient (Wildman–Crippen LogP) is 4.84. The van der Waals surface area contributed by atoms with Gasteiger partial charge in [0.25, 0.3) is 11.5 Å². The number of carbonyl (C=O) groups is 1. The van der Waals surface area contributed by atoms with Crippen molar-refractivity contribution in [3.63, 3.8) is 0 Å². The second kappa shape index (κ2) is 9.25. The maximum atomic E-state index is 13.7. The standard InChI is InChI=1S/C25H17BrFN3O2S2/c1-14-21(23(31)29-17-5-3-2-4-6-17)22(15-7-9-16(27)10-8-15)30-24(32)19(34-25(30)28-14)13-18-11-12-20(26)33-18/h2-13,22H,1H3,(H,29,31). The Labute approximate surface area is 210 Å². The van der Waals surface area contributed by atoms with E-state index in [0.717, 1.165) is 8.66 Å². The molecule has 3 heterocycles. The smallest absolute Gasteiger partial charge is 0.271 e. The minimum atomic E-state index is -0.738. The quantitative estimate of drug-likeness (QED) is 0.393. The van der Waals surface area contributed by atoms with Crippen molar-refractivity contribution in [3.8, 4) is 0 Å². The molecule has 0 saturated heterocycles. The molecule has 1 aliphatic rings. The molecule has 1 N–H and O–H groups in total. The van der Waals surface area contributed by atoms with Crippen LogP contribution in [0.2, 0.25) is 0 Å². The highest BCUT2D eigenvalue weighted by molar-refractivity contribution is 9.11. The maximum absolute atomic E-state index is 13.7. The van der Waals surface area contributed by atoms with Crippen molar-refractivity contribution in [2.45, 2.75) is 13.0 Å². The molecule has 2 aromatic carbocycles. The summed E-state index contributed by atoms with van der Waals surface area (Å²) >= 11 is 6.23. The molecular weight excluding hydrogens is 537 g/mol. The third-order valence-electron chi connectivity index (χ3n) is 5.35. The molecule has 0 spiro atoms. The summed E-state index contributed by atoms with van der Waals surface area (Å²) < 4.78 is 16.7. The van der Waals surface area contributed by atoms with Gasteiger partial charge in [0, 0.05) is 10.6 Å². The molecule has 1 amide bonds. The van der Waals surface area contributed by atoms with Crippen molar-refractivity contribution in [3.05, 3.63) is 118 Å². The number of carbonyl (C=O) groups excluding carboxylic acids is 1. The van der Waals surface area contributed by atoms with Gasteiger partial charge in [-0.3, -0.25) is 14.2 Å². The first kappa shape index (κ1) is 22.6. The Balaban J connectivity index is 1.68. The molecule has 0 aliphatic carbocycles. The summed E-state index contributed by atoms with van der Waals surface area (Å²) in [4.78, 5) is 33.0. The number of halogens is 2. The van der Waals surface area contributed by atoms with Gasteiger partial charge in [-0.1, -0.05) is 41.7 Å². The number of benzene rings is 2. The zero-order chi connectivity index (χ0) is 23.8. The average Bonchev–Trinajstić information content (AvgIpc) is 3.36. The number of thiazole rings is 1. The number of anilines is 1. The fourth-order valence-electron chi connectivity index (χ4n) is 3.83. The lowest BCUT2D eigenvalue weighted by Crippen LogP contribution is -2.40. The molecule has 0 bridgehead atoms. The van der Waals surface area contributed by atoms with Crippen LogP contribution in [0.3, 0.4) is 0 Å². The summed E-state index contributed by atoms with van der Waals surface area (Å²) in [5.74, 6) is -0.756. The van der Waals surface area contributed by atoms with Gasteiger partial charge in [0.15, 0.2) is 4.80 Å². The van der Waals surface area contributed by atoms with Crippen molar-refractivity contribution in [1.29, 1.82) is 0 Å². The first-order chi connectivity index (χ1) is 16.4. The highest BCUT2D eigenvalue weighted by atomic mass is 79.9. The number of thiophene rings is 1. The molecule has 34 heavy (non-hydrogen) atoms. The van der Waals surface area contributed by atoms with Crippen LogP contribution in [0, 0.1) is 5.82 Å². The van der Waals surface area contributed by atoms with E-state index in [2.05, 4.69) is 26.2 Å². The van der Waals surface area contributed by atoms with E-state index >= 15 is 0 Å². The molecule has 1 unspecified atom stereocenters. The molecule has 9 heteroatoms. The van der Waals surface area contributed by atoms with E-state index < -0.39 is 11.9 Å². The van der Waals surface area contributed by atoms with E-state index in [1.165, 1.54) is 39.4 Å². The first-order valence-electron chi connectivity index (χ1n) is 10.3. The number of hydrogen-bond donors (Lipinski definition) is 1. The molecule has 0 saturated carbocycles. The van der Waals surface area contributed by atoms with Gasteiger partial charge in [-0.25, -0.2) is 9.38 Å². The van der Waals surface area contributed by atoms with E-state index in [4.69, 9.17) is 0 Å². The Bertz CT molecular complexity index is 1600. The number of amides is 1. The third-order valence-corrected chi connectivity index (χ3v) is 7.90. The van der Waals surface area contributed by atoms with Crippen LogP contribution in [0.1, 0.15) is 23.4 Å². The average molecular weight is 554 g/mol. The largest absolute Gasteiger partial charge is 0.322 e. The van der Waals surface area contributed by atoms with Gasteiger partial charge < -0.3 is 5.32 Å². The Morgan fingerprint density at radius 2 is 1.82 bits per heavy atom. The van der Waals surface area contributed by atoms with Crippen LogP contribution in [-0.2, 0) is 4.79 Å². The van der Waals surface area contributed by atoms with Crippen molar-refractivity contribution in [2.24, 2.45) is 4.99 Å². The van der Waals surface area contributed by atoms with Crippen molar-refractivity contribution in [2.75, 3.05) is 5.32 Å². The van der Waals surface area contributed by atoms with Crippen LogP contribution in [-0.4, -0.2) is 10.5 Å². The summed E-state index contributed by atoms with van der Waals surface area (Å²) in [6, 6.07) is 18.1. The van der Waals surface area contributed by atoms with Gasteiger partial charge in [-0.2, -0.15) is 0 Å². The predicted molar refractivity (Wildman–Crippen MR) is 137 cm³/mol. The summed E-state index contributed by atoms with van der Waals surface area (Å²) in [6.45, 7) is 1.75. The number of para-hydroxylation sites is 1. The van der Waals surface area contributed by atoms with Gasteiger partial charge >= 0.3 is 0 Å². The van der Waals surface area contributed by atoms with Crippen LogP contribution in [0.4, 0.5) is 10.1 Å². The number of nitrogens with zero attached hydrogens (tertiary/aromatic N) is 2. The summed E-state index contributed by atoms with van der Waals surface area (Å²) in [5.41, 5.74) is 1.86. The van der Waals surface area contributed by atoms with E-state index in [1.54, 1.807) is 31.2 Å². The van der Waals surface area contributed by atoms with Crippen molar-refractivity contribution < 1.29 is 9.18 Å². The number of fused-ring (bicyclic) bond motifs is 1. The Morgan fingerprint density at radius 1 is 1.09 bits per heavy atom. The van der Waals surface area contributed by atoms with E-state index in [9.17, 15) is 14.0 Å². The highest BCUT2D eigenvalue weighted by Gasteiger charge is 2.32. The Kier molecular flexibility index (Phi) is 6.16. The van der Waals surface area contributed by atoms with Crippen molar-refractivity contribution >= 4 is 56.3 Å². The fourth-order valence-corrected chi connectivity index (χ4v) is 6.31. The SMILES string of the molecule is CC1=C(C(=O)Nc2ccccc2)C(c2ccc(F)cc2)n2c(sc(=Cc3ccc(Br)s3)c2=O)=N1. The molecule has 5 nitrogen and oxygen atoms in total. The zero-order valence-electron chi connectivity index (χ0n) is 17.8. The molecule has 4 aromatic rings. The lowest BCUT2D eigenvalue weighted by molar-refractivity contribution is -0.113. The first-order valence-corrected chi connectivity index (χ1v) is 12.7. The number of rotatable bonds is 4. The van der Waals surface area contributed by atoms with E-state index in [-0.39, 0.29) is 11.5 Å². The van der Waals surface area contributed by atoms with Gasteiger partial charge in [0.2, 0.25) is 0 Å². The lowest BCUT2D eigenvalue weighted by atomic mass is 9.95. The molecular formula is C25H17BrFN3O2S2. The van der Waals surface area contributed by atoms with Gasteiger partial charge in [-0.15, -0.1) is 11.3 Å². The topological polar surface area (TPSA) is 63.5 Å². The number of allylic oxidation sites excluding steroid dienone is 1. The zero-order valence-corrected chi connectivity index (χ0v) is 21.0. The second-order valence-electron chi connectivity index (χ2n) is 7.60. The molecule has 1 atom stereocenters. The van der Waals surface area contributed by atoms with Crippen molar-refractivity contribution in [1.82, 2.24) is 4.57 Å². The molecule has 5 rings (SSSR count). The van der Waals surface area contributed by atoms with Crippen LogP contribution in [0.25, 0.3) is 6.08 Å². The monoisotopic (exact) mass is 553 g/mol. The minimum absolute atomic E-state index is 0.250. The second-order valence-corrected chi connectivity index (χ2v) is 11.1. The van der Waals surface area contributed by atoms with Gasteiger partial charge in [0.05, 0.1) is 25.6 Å². The summed E-state index contributed by atoms with van der Waals surface area (Å²) in [7, 11) is 0. The lowest BCUT2D eigenvalue weighted by Gasteiger charge is -2.25. The number of aromatic nitrogens is 1. The van der Waals surface area contributed by atoms with E-state index in [0.29, 0.717) is 31.9 Å². The molecule has 1 aliphatic heterocycles. The van der Waals surface area contributed by atoms with Crippen LogP contribution in [0.5, 0.6) is 0 Å². The maximum Gasteiger partial charge on any atom is 0.271 e. The highest BCUT2D eigenvalue weighted by Crippen LogP contribution is 2.31. The molecule has 0 radical (unpaired) electrons.